The first-order chi connectivity index (χ1) is 19.4. The Kier molecular flexibility index (Phi) is 6.91. The highest BCUT2D eigenvalue weighted by Crippen LogP contribution is 2.30. The van der Waals surface area contributed by atoms with Crippen molar-refractivity contribution in [3.8, 4) is 22.6 Å². The Labute approximate surface area is 235 Å². The molecule has 11 nitrogen and oxygen atoms in total. The van der Waals surface area contributed by atoms with E-state index in [4.69, 9.17) is 16.1 Å². The van der Waals surface area contributed by atoms with Gasteiger partial charge in [0.2, 0.25) is 17.7 Å². The maximum atomic E-state index is 13.6. The highest BCUT2D eigenvalue weighted by molar-refractivity contribution is 6.33. The zero-order chi connectivity index (χ0) is 27.8. The van der Waals surface area contributed by atoms with Crippen molar-refractivity contribution < 1.29 is 4.52 Å². The Morgan fingerprint density at radius 3 is 2.45 bits per heavy atom. The van der Waals surface area contributed by atoms with Gasteiger partial charge in [-0.1, -0.05) is 16.8 Å². The van der Waals surface area contributed by atoms with Gasteiger partial charge >= 0.3 is 0 Å². The lowest BCUT2D eigenvalue weighted by atomic mass is 10.1. The smallest absolute Gasteiger partial charge is 0.260 e. The molecule has 0 aliphatic carbocycles. The Bertz CT molecular complexity index is 1740. The molecule has 0 radical (unpaired) electrons. The summed E-state index contributed by atoms with van der Waals surface area (Å²) >= 11 is 6.60. The molecule has 1 aromatic carbocycles. The number of benzene rings is 1. The number of aryl methyl sites for hydroxylation is 2. The zero-order valence-electron chi connectivity index (χ0n) is 22.4. The number of rotatable bonds is 6. The van der Waals surface area contributed by atoms with Gasteiger partial charge in [-0.05, 0) is 50.4 Å². The predicted molar refractivity (Wildman–Crippen MR) is 155 cm³/mol. The molecule has 0 spiro atoms. The third-order valence-electron chi connectivity index (χ3n) is 7.04. The van der Waals surface area contributed by atoms with Gasteiger partial charge in [-0.3, -0.25) is 14.3 Å². The SMILES string of the molecule is CCn1c(=O)c(-c2cnc(-c3noc(C)n3)cc2Cl)cc2cnc(Nc3ccc(N4CCN(C)CC4)cc3)nc21. The first-order valence-electron chi connectivity index (χ1n) is 13.1. The van der Waals surface area contributed by atoms with E-state index in [-0.39, 0.29) is 5.56 Å². The molecule has 40 heavy (non-hydrogen) atoms. The maximum Gasteiger partial charge on any atom is 0.260 e. The van der Waals surface area contributed by atoms with Crippen molar-refractivity contribution in [3.63, 3.8) is 0 Å². The molecule has 1 N–H and O–H groups in total. The molecule has 0 amide bonds. The molecular formula is C28H28ClN9O2. The average Bonchev–Trinajstić information content (AvgIpc) is 3.40. The van der Waals surface area contributed by atoms with E-state index in [1.807, 2.05) is 19.1 Å². The number of anilines is 3. The minimum absolute atomic E-state index is 0.219. The first-order valence-corrected chi connectivity index (χ1v) is 13.4. The fraction of sp³-hybridized carbons (Fsp3) is 0.286. The predicted octanol–water partition coefficient (Wildman–Crippen LogP) is 4.38. The van der Waals surface area contributed by atoms with Gasteiger partial charge in [-0.2, -0.15) is 9.97 Å². The summed E-state index contributed by atoms with van der Waals surface area (Å²) in [5, 5.41) is 8.21. The van der Waals surface area contributed by atoms with Gasteiger partial charge in [-0.25, -0.2) is 4.98 Å². The van der Waals surface area contributed by atoms with Crippen molar-refractivity contribution in [2.45, 2.75) is 20.4 Å². The van der Waals surface area contributed by atoms with Gasteiger partial charge in [0.05, 0.1) is 10.6 Å². The van der Waals surface area contributed by atoms with Crippen LogP contribution in [0.1, 0.15) is 12.8 Å². The van der Waals surface area contributed by atoms with Crippen LogP contribution in [0.3, 0.4) is 0 Å². The average molecular weight is 558 g/mol. The van der Waals surface area contributed by atoms with Crippen LogP contribution in [-0.4, -0.2) is 67.8 Å². The quantitative estimate of drug-likeness (QED) is 0.322. The van der Waals surface area contributed by atoms with Crippen molar-refractivity contribution >= 4 is 40.0 Å². The molecule has 1 aliphatic rings. The monoisotopic (exact) mass is 557 g/mol. The molecule has 1 aliphatic heterocycles. The first kappa shape index (κ1) is 25.9. The lowest BCUT2D eigenvalue weighted by Gasteiger charge is -2.34. The lowest BCUT2D eigenvalue weighted by Crippen LogP contribution is -2.44. The van der Waals surface area contributed by atoms with Crippen molar-refractivity contribution in [1.29, 1.82) is 0 Å². The molecule has 6 rings (SSSR count). The zero-order valence-corrected chi connectivity index (χ0v) is 23.2. The van der Waals surface area contributed by atoms with Crippen molar-refractivity contribution in [2.75, 3.05) is 43.4 Å². The van der Waals surface area contributed by atoms with Crippen molar-refractivity contribution in [2.24, 2.45) is 0 Å². The summed E-state index contributed by atoms with van der Waals surface area (Å²) in [6.07, 6.45) is 3.25. The van der Waals surface area contributed by atoms with Gasteiger partial charge in [0.1, 0.15) is 11.3 Å². The Balaban J connectivity index is 1.28. The van der Waals surface area contributed by atoms with Crippen molar-refractivity contribution in [3.05, 3.63) is 70.1 Å². The second-order valence-corrected chi connectivity index (χ2v) is 10.1. The van der Waals surface area contributed by atoms with Crippen molar-refractivity contribution in [1.82, 2.24) is 34.6 Å². The third-order valence-corrected chi connectivity index (χ3v) is 7.35. The summed E-state index contributed by atoms with van der Waals surface area (Å²) in [6, 6.07) is 11.6. The lowest BCUT2D eigenvalue weighted by molar-refractivity contribution is 0.313. The van der Waals surface area contributed by atoms with Crippen LogP contribution in [-0.2, 0) is 6.54 Å². The van der Waals surface area contributed by atoms with Crippen LogP contribution in [0.4, 0.5) is 17.3 Å². The molecule has 0 atom stereocenters. The topological polar surface area (TPSA) is 118 Å². The van der Waals surface area contributed by atoms with Gasteiger partial charge in [0.25, 0.3) is 5.56 Å². The van der Waals surface area contributed by atoms with E-state index < -0.39 is 0 Å². The number of halogens is 1. The van der Waals surface area contributed by atoms with E-state index in [2.05, 4.69) is 59.4 Å². The molecule has 5 aromatic rings. The highest BCUT2D eigenvalue weighted by Gasteiger charge is 2.18. The number of nitrogens with one attached hydrogen (secondary N) is 1. The van der Waals surface area contributed by atoms with Crippen LogP contribution in [0, 0.1) is 6.92 Å². The summed E-state index contributed by atoms with van der Waals surface area (Å²) in [4.78, 5) is 36.1. The summed E-state index contributed by atoms with van der Waals surface area (Å²) in [5.74, 6) is 1.17. The second kappa shape index (κ2) is 10.7. The summed E-state index contributed by atoms with van der Waals surface area (Å²) in [7, 11) is 2.15. The minimum Gasteiger partial charge on any atom is -0.369 e. The van der Waals surface area contributed by atoms with E-state index >= 15 is 0 Å². The Morgan fingerprint density at radius 1 is 1.00 bits per heavy atom. The number of pyridine rings is 2. The standard InChI is InChI=1S/C28H28ClN9O2/c1-4-38-26-18(13-21(27(38)39)22-16-30-24(14-23(22)29)25-32-17(2)40-35-25)15-31-28(34-26)33-19-5-7-20(8-6-19)37-11-9-36(3)10-12-37/h5-8,13-16H,4,9-12H2,1-3H3,(H,31,33,34). The number of hydrogen-bond acceptors (Lipinski definition) is 10. The molecule has 1 saturated heterocycles. The summed E-state index contributed by atoms with van der Waals surface area (Å²) < 4.78 is 6.64. The van der Waals surface area contributed by atoms with E-state index in [0.29, 0.717) is 57.1 Å². The number of piperazine rings is 1. The molecule has 204 valence electrons. The molecule has 4 aromatic heterocycles. The van der Waals surface area contributed by atoms with E-state index in [1.165, 1.54) is 5.69 Å². The largest absolute Gasteiger partial charge is 0.369 e. The normalized spacial score (nSPS) is 14.2. The van der Waals surface area contributed by atoms with Crippen LogP contribution in [0.5, 0.6) is 0 Å². The van der Waals surface area contributed by atoms with Gasteiger partial charge < -0.3 is 19.6 Å². The van der Waals surface area contributed by atoms with Crippen LogP contribution < -0.4 is 15.8 Å². The van der Waals surface area contributed by atoms with Gasteiger partial charge in [-0.15, -0.1) is 0 Å². The molecule has 0 bridgehead atoms. The highest BCUT2D eigenvalue weighted by atomic mass is 35.5. The Morgan fingerprint density at radius 2 is 1.77 bits per heavy atom. The number of nitrogens with zero attached hydrogens (tertiary/aromatic N) is 8. The summed E-state index contributed by atoms with van der Waals surface area (Å²) in [6.45, 7) is 8.15. The maximum absolute atomic E-state index is 13.6. The number of likely N-dealkylation sites (N-methyl/N-ethyl adjacent to an activating group) is 1. The fourth-order valence-corrected chi connectivity index (χ4v) is 5.06. The number of hydrogen-bond donors (Lipinski definition) is 1. The molecule has 0 saturated carbocycles. The van der Waals surface area contributed by atoms with Crippen LogP contribution >= 0.6 is 11.6 Å². The third kappa shape index (κ3) is 5.01. The van der Waals surface area contributed by atoms with Gasteiger partial charge in [0, 0.05) is 74.4 Å². The van der Waals surface area contributed by atoms with Crippen LogP contribution in [0.25, 0.3) is 33.7 Å². The molecule has 5 heterocycles. The van der Waals surface area contributed by atoms with E-state index in [9.17, 15) is 4.79 Å². The molecule has 12 heteroatoms. The molecular weight excluding hydrogens is 530 g/mol. The fourth-order valence-electron chi connectivity index (χ4n) is 4.81. The van der Waals surface area contributed by atoms with Crippen LogP contribution in [0.2, 0.25) is 5.02 Å². The second-order valence-electron chi connectivity index (χ2n) is 9.73. The van der Waals surface area contributed by atoms with Crippen LogP contribution in [0.15, 0.2) is 58.1 Å². The molecule has 0 unspecified atom stereocenters. The van der Waals surface area contributed by atoms with Gasteiger partial charge in [0.15, 0.2) is 0 Å². The Hall–Kier alpha value is -4.35. The van der Waals surface area contributed by atoms with E-state index in [0.717, 1.165) is 31.9 Å². The minimum atomic E-state index is -0.219. The molecule has 1 fully saturated rings. The number of fused-ring (bicyclic) bond motifs is 1. The number of aromatic nitrogens is 6. The van der Waals surface area contributed by atoms with E-state index in [1.54, 1.807) is 36.0 Å². The summed E-state index contributed by atoms with van der Waals surface area (Å²) in [5.41, 5.74) is 3.74.